The fourth-order valence-electron chi connectivity index (χ4n) is 3.03. The van der Waals surface area contributed by atoms with E-state index in [2.05, 4.69) is 15.2 Å². The predicted molar refractivity (Wildman–Crippen MR) is 122 cm³/mol. The van der Waals surface area contributed by atoms with Crippen molar-refractivity contribution in [3.05, 3.63) is 75.3 Å². The van der Waals surface area contributed by atoms with Crippen molar-refractivity contribution in [3.63, 3.8) is 0 Å². The van der Waals surface area contributed by atoms with E-state index in [9.17, 15) is 23.2 Å². The van der Waals surface area contributed by atoms with Gasteiger partial charge in [-0.15, -0.1) is 0 Å². The summed E-state index contributed by atoms with van der Waals surface area (Å²) >= 11 is 2.38. The Bertz CT molecular complexity index is 1360. The van der Waals surface area contributed by atoms with Gasteiger partial charge in [0.1, 0.15) is 4.90 Å². The first kappa shape index (κ1) is 22.9. The van der Waals surface area contributed by atoms with E-state index in [1.807, 2.05) is 19.1 Å². The summed E-state index contributed by atoms with van der Waals surface area (Å²) in [6.07, 6.45) is -2.99. The van der Waals surface area contributed by atoms with Gasteiger partial charge < -0.3 is 0 Å². The molecule has 0 saturated carbocycles. The monoisotopic (exact) mass is 488 g/mol. The van der Waals surface area contributed by atoms with Crippen molar-refractivity contribution in [2.24, 2.45) is 5.10 Å². The zero-order chi connectivity index (χ0) is 23.8. The molecule has 0 radical (unpaired) electrons. The molecule has 1 aliphatic rings. The van der Waals surface area contributed by atoms with Gasteiger partial charge in [-0.3, -0.25) is 9.80 Å². The quantitative estimate of drug-likeness (QED) is 0.534. The van der Waals surface area contributed by atoms with Crippen LogP contribution in [0.25, 0.3) is 5.82 Å². The first-order valence-corrected chi connectivity index (χ1v) is 11.3. The molecule has 0 amide bonds. The molecule has 4 rings (SSSR count). The summed E-state index contributed by atoms with van der Waals surface area (Å²) in [5.74, 6) is 0.612. The van der Waals surface area contributed by atoms with E-state index in [1.165, 1.54) is 33.7 Å². The lowest BCUT2D eigenvalue weighted by Gasteiger charge is -2.23. The molecule has 7 nitrogen and oxygen atoms in total. The van der Waals surface area contributed by atoms with Crippen LogP contribution in [-0.2, 0) is 11.9 Å². The number of aryl methyl sites for hydroxylation is 1. The van der Waals surface area contributed by atoms with E-state index in [-0.39, 0.29) is 16.9 Å². The van der Waals surface area contributed by atoms with Gasteiger partial charge >= 0.3 is 6.18 Å². The van der Waals surface area contributed by atoms with Crippen LogP contribution >= 0.6 is 23.5 Å². The van der Waals surface area contributed by atoms with E-state index in [1.54, 1.807) is 19.2 Å². The van der Waals surface area contributed by atoms with E-state index >= 15 is 0 Å². The van der Waals surface area contributed by atoms with E-state index in [0.29, 0.717) is 26.3 Å². The first-order chi connectivity index (χ1) is 15.7. The molecule has 3 heterocycles. The summed E-state index contributed by atoms with van der Waals surface area (Å²) < 4.78 is 40.5. The highest BCUT2D eigenvalue weighted by atomic mass is 32.2. The molecular formula is C21H15F3N6OS2. The number of hydrogen-bond acceptors (Lipinski definition) is 8. The van der Waals surface area contributed by atoms with E-state index in [0.717, 1.165) is 29.6 Å². The van der Waals surface area contributed by atoms with Crippen LogP contribution in [0.2, 0.25) is 0 Å². The van der Waals surface area contributed by atoms with Gasteiger partial charge in [-0.25, -0.2) is 4.98 Å². The molecule has 0 unspecified atom stereocenters. The minimum absolute atomic E-state index is 0.0513. The molecule has 168 valence electrons. The van der Waals surface area contributed by atoms with Gasteiger partial charge in [0, 0.05) is 18.5 Å². The summed E-state index contributed by atoms with van der Waals surface area (Å²) in [5, 5.41) is 19.4. The minimum Gasteiger partial charge on any atom is -0.266 e. The van der Waals surface area contributed by atoms with Gasteiger partial charge in [0.15, 0.2) is 10.2 Å². The van der Waals surface area contributed by atoms with Crippen LogP contribution in [0.5, 0.6) is 0 Å². The number of thioether (sulfide) groups is 2. The Balaban J connectivity index is 1.58. The van der Waals surface area contributed by atoms with Crippen molar-refractivity contribution in [2.45, 2.75) is 23.7 Å². The predicted octanol–water partition coefficient (Wildman–Crippen LogP) is 4.57. The van der Waals surface area contributed by atoms with E-state index < -0.39 is 11.7 Å². The third-order valence-corrected chi connectivity index (χ3v) is 6.92. The lowest BCUT2D eigenvalue weighted by atomic mass is 10.1. The van der Waals surface area contributed by atoms with Crippen LogP contribution in [0.1, 0.15) is 22.4 Å². The van der Waals surface area contributed by atoms with Crippen LogP contribution in [0.15, 0.2) is 57.4 Å². The van der Waals surface area contributed by atoms with Crippen LogP contribution in [0.3, 0.4) is 0 Å². The van der Waals surface area contributed by atoms with Gasteiger partial charge in [0.25, 0.3) is 5.56 Å². The number of nitrogens with zero attached hydrogens (tertiary/aromatic N) is 6. The molecule has 0 atom stereocenters. The highest BCUT2D eigenvalue weighted by Gasteiger charge is 2.31. The third-order valence-electron chi connectivity index (χ3n) is 4.68. The molecule has 0 aliphatic carbocycles. The Kier molecular flexibility index (Phi) is 6.18. The molecule has 33 heavy (non-hydrogen) atoms. The van der Waals surface area contributed by atoms with Crippen LogP contribution in [0.4, 0.5) is 18.9 Å². The Labute approximate surface area is 194 Å². The molecule has 2 aromatic heterocycles. The lowest BCUT2D eigenvalue weighted by molar-refractivity contribution is -0.137. The van der Waals surface area contributed by atoms with Gasteiger partial charge in [-0.1, -0.05) is 35.7 Å². The Morgan fingerprint density at radius 1 is 1.24 bits per heavy atom. The van der Waals surface area contributed by atoms with Gasteiger partial charge in [-0.2, -0.15) is 33.3 Å². The second-order valence-corrected chi connectivity index (χ2v) is 9.20. The number of hydrazone groups is 1. The van der Waals surface area contributed by atoms with Crippen LogP contribution < -0.4 is 10.6 Å². The molecule has 12 heteroatoms. The highest BCUT2D eigenvalue weighted by molar-refractivity contribution is 8.38. The molecule has 1 aromatic carbocycles. The third kappa shape index (κ3) is 4.74. The molecule has 3 aromatic rings. The Hall–Kier alpha value is -3.30. The topological polar surface area (TPSA) is 87.2 Å². The number of rotatable bonds is 3. The van der Waals surface area contributed by atoms with Gasteiger partial charge in [0.05, 0.1) is 29.1 Å². The van der Waals surface area contributed by atoms with E-state index in [4.69, 9.17) is 0 Å². The number of pyridine rings is 1. The Morgan fingerprint density at radius 2 is 2.03 bits per heavy atom. The SMILES string of the molecule is Cc1cccc(-n2ncc3c(c2=O)SC(SCc2ccc(C(F)(F)F)cc2C#N)=NN3C)n1. The zero-order valence-electron chi connectivity index (χ0n) is 17.3. The number of halogens is 3. The summed E-state index contributed by atoms with van der Waals surface area (Å²) in [7, 11) is 1.67. The maximum absolute atomic E-state index is 13.1. The first-order valence-electron chi connectivity index (χ1n) is 9.47. The summed E-state index contributed by atoms with van der Waals surface area (Å²) in [6.45, 7) is 1.81. The number of alkyl halides is 3. The minimum atomic E-state index is -4.52. The number of benzene rings is 1. The number of anilines is 1. The molecule has 0 bridgehead atoms. The van der Waals surface area contributed by atoms with Crippen LogP contribution in [0, 0.1) is 18.3 Å². The van der Waals surface area contributed by atoms with Gasteiger partial charge in [-0.05, 0) is 36.8 Å². The summed E-state index contributed by atoms with van der Waals surface area (Å²) in [5.41, 5.74) is 0.441. The second kappa shape index (κ2) is 8.92. The molecule has 0 spiro atoms. The molecule has 1 aliphatic heterocycles. The smallest absolute Gasteiger partial charge is 0.266 e. The van der Waals surface area contributed by atoms with Crippen molar-refractivity contribution in [2.75, 3.05) is 12.1 Å². The van der Waals surface area contributed by atoms with Gasteiger partial charge in [0.2, 0.25) is 0 Å². The molecule has 0 N–H and O–H groups in total. The number of hydrogen-bond donors (Lipinski definition) is 0. The van der Waals surface area contributed by atoms with Crippen molar-refractivity contribution >= 4 is 33.6 Å². The largest absolute Gasteiger partial charge is 0.416 e. The summed E-state index contributed by atoms with van der Waals surface area (Å²) in [6, 6.07) is 10.2. The number of fused-ring (bicyclic) bond motifs is 1. The molecular weight excluding hydrogens is 473 g/mol. The average Bonchev–Trinajstić information content (AvgIpc) is 2.77. The lowest BCUT2D eigenvalue weighted by Crippen LogP contribution is -2.28. The molecule has 0 fully saturated rings. The molecule has 0 saturated heterocycles. The Morgan fingerprint density at radius 3 is 2.73 bits per heavy atom. The number of nitriles is 1. The van der Waals surface area contributed by atoms with Crippen molar-refractivity contribution in [3.8, 4) is 11.9 Å². The van der Waals surface area contributed by atoms with Crippen LogP contribution in [-0.4, -0.2) is 26.2 Å². The zero-order valence-corrected chi connectivity index (χ0v) is 18.9. The van der Waals surface area contributed by atoms with Crippen molar-refractivity contribution in [1.29, 1.82) is 5.26 Å². The second-order valence-electron chi connectivity index (χ2n) is 6.97. The highest BCUT2D eigenvalue weighted by Crippen LogP contribution is 2.37. The van der Waals surface area contributed by atoms with Crippen molar-refractivity contribution in [1.82, 2.24) is 14.8 Å². The fraction of sp³-hybridized carbons (Fsp3) is 0.190. The number of aromatic nitrogens is 3. The fourth-order valence-corrected chi connectivity index (χ4v) is 5.20. The normalized spacial score (nSPS) is 13.3. The maximum Gasteiger partial charge on any atom is 0.416 e. The maximum atomic E-state index is 13.1. The van der Waals surface area contributed by atoms with Crippen molar-refractivity contribution < 1.29 is 13.2 Å². The average molecular weight is 489 g/mol. The standard InChI is InChI=1S/C21H15F3N6OS2/c1-12-4-3-5-17(27-12)30-19(31)18-16(10-26-30)29(2)28-20(33-18)32-11-13-6-7-15(21(22,23)24)8-14(13)9-25/h3-8,10H,11H2,1-2H3. The summed E-state index contributed by atoms with van der Waals surface area (Å²) in [4.78, 5) is 17.9.